The van der Waals surface area contributed by atoms with E-state index in [-0.39, 0.29) is 0 Å². The number of methoxy groups -OCH3 is 1. The summed E-state index contributed by atoms with van der Waals surface area (Å²) in [5.74, 6) is -1.60. The highest BCUT2D eigenvalue weighted by molar-refractivity contribution is 6.39. The van der Waals surface area contributed by atoms with Gasteiger partial charge in [0.15, 0.2) is 0 Å². The van der Waals surface area contributed by atoms with Crippen molar-refractivity contribution >= 4 is 40.8 Å². The fraction of sp³-hybridized carbons (Fsp3) is 0.0833. The van der Waals surface area contributed by atoms with E-state index in [9.17, 15) is 14.4 Å². The lowest BCUT2D eigenvalue weighted by molar-refractivity contribution is -0.136. The lowest BCUT2D eigenvalue weighted by Crippen LogP contribution is -2.32. The largest absolute Gasteiger partial charge is 0.496 e. The van der Waals surface area contributed by atoms with Crippen LogP contribution in [-0.2, 0) is 9.59 Å². The number of carbonyl (C=O) groups is 3. The second kappa shape index (κ2) is 10.9. The van der Waals surface area contributed by atoms with Crippen LogP contribution in [0.25, 0.3) is 0 Å². The molecular weight excluding hydrogens is 446 g/mol. The van der Waals surface area contributed by atoms with Gasteiger partial charge in [0.2, 0.25) is 0 Å². The maximum atomic E-state index is 12.4. The van der Waals surface area contributed by atoms with E-state index in [1.807, 2.05) is 0 Å². The molecule has 0 spiro atoms. The summed E-state index contributed by atoms with van der Waals surface area (Å²) in [5, 5.41) is 6.90. The highest BCUT2D eigenvalue weighted by atomic mass is 35.5. The van der Waals surface area contributed by atoms with Crippen molar-refractivity contribution in [2.24, 2.45) is 5.10 Å². The minimum atomic E-state index is -0.924. The molecule has 3 aromatic rings. The molecule has 0 radical (unpaired) electrons. The number of nitrogens with zero attached hydrogens (tertiary/aromatic N) is 1. The number of carbonyl (C=O) groups excluding carboxylic acids is 3. The van der Waals surface area contributed by atoms with Crippen LogP contribution in [-0.4, -0.2) is 30.6 Å². The molecule has 0 atom stereocenters. The number of rotatable bonds is 6. The summed E-state index contributed by atoms with van der Waals surface area (Å²) in [7, 11) is 1.48. The van der Waals surface area contributed by atoms with Crippen LogP contribution in [0.15, 0.2) is 77.9 Å². The molecule has 0 saturated heterocycles. The zero-order chi connectivity index (χ0) is 23.8. The molecular formula is C24H20ClN3O5. The normalized spacial score (nSPS) is 10.8. The number of ether oxygens (including phenoxy) is 2. The Bertz CT molecular complexity index is 1190. The third-order valence-corrected chi connectivity index (χ3v) is 4.69. The molecule has 0 aliphatic carbocycles. The summed E-state index contributed by atoms with van der Waals surface area (Å²) in [5.41, 5.74) is 4.05. The quantitative estimate of drug-likeness (QED) is 0.188. The molecule has 2 N–H and O–H groups in total. The lowest BCUT2D eigenvalue weighted by Gasteiger charge is -2.09. The molecule has 0 aromatic heterocycles. The first kappa shape index (κ1) is 23.5. The average molecular weight is 466 g/mol. The second-order valence-corrected chi connectivity index (χ2v) is 7.15. The number of hydrogen-bond acceptors (Lipinski definition) is 6. The van der Waals surface area contributed by atoms with Crippen molar-refractivity contribution in [3.05, 3.63) is 88.9 Å². The van der Waals surface area contributed by atoms with E-state index in [0.717, 1.165) is 0 Å². The van der Waals surface area contributed by atoms with Gasteiger partial charge >= 0.3 is 17.8 Å². The van der Waals surface area contributed by atoms with E-state index in [4.69, 9.17) is 21.1 Å². The van der Waals surface area contributed by atoms with Gasteiger partial charge in [0.05, 0.1) is 12.8 Å². The number of halogens is 1. The van der Waals surface area contributed by atoms with Crippen LogP contribution in [0, 0.1) is 0 Å². The van der Waals surface area contributed by atoms with Crippen molar-refractivity contribution in [2.75, 3.05) is 12.4 Å². The molecule has 0 aliphatic rings. The van der Waals surface area contributed by atoms with Gasteiger partial charge in [0.1, 0.15) is 17.1 Å². The summed E-state index contributed by atoms with van der Waals surface area (Å²) in [4.78, 5) is 36.3. The van der Waals surface area contributed by atoms with Crippen LogP contribution >= 0.6 is 11.6 Å². The van der Waals surface area contributed by atoms with Gasteiger partial charge in [-0.1, -0.05) is 23.7 Å². The Morgan fingerprint density at radius 2 is 1.55 bits per heavy atom. The zero-order valence-corrected chi connectivity index (χ0v) is 18.6. The van der Waals surface area contributed by atoms with Crippen LogP contribution in [0.3, 0.4) is 0 Å². The zero-order valence-electron chi connectivity index (χ0n) is 17.8. The van der Waals surface area contributed by atoms with Crippen molar-refractivity contribution in [1.82, 2.24) is 5.43 Å². The Hall–Kier alpha value is -4.17. The Kier molecular flexibility index (Phi) is 7.77. The number of hydrazone groups is 1. The summed E-state index contributed by atoms with van der Waals surface area (Å²) in [6.07, 6.45) is 0. The average Bonchev–Trinajstić information content (AvgIpc) is 2.84. The standard InChI is InChI=1S/C24H20ClN3O5/c1-15(27-28-23(30)22(29)26-18-11-9-17(25)10-12-18)16-7-13-19(14-8-16)33-24(31)20-5-3-4-6-21(20)32-2/h3-14H,1-2H3,(H,26,29)(H,28,30)/b27-15+. The first-order chi connectivity index (χ1) is 15.9. The number of benzene rings is 3. The molecule has 0 bridgehead atoms. The van der Waals surface area contributed by atoms with Gasteiger partial charge in [0, 0.05) is 10.7 Å². The van der Waals surface area contributed by atoms with Gasteiger partial charge in [-0.3, -0.25) is 9.59 Å². The summed E-state index contributed by atoms with van der Waals surface area (Å²) < 4.78 is 10.6. The van der Waals surface area contributed by atoms with E-state index < -0.39 is 17.8 Å². The molecule has 0 aliphatic heterocycles. The second-order valence-electron chi connectivity index (χ2n) is 6.71. The van der Waals surface area contributed by atoms with Crippen molar-refractivity contribution < 1.29 is 23.9 Å². The van der Waals surface area contributed by atoms with E-state index >= 15 is 0 Å². The topological polar surface area (TPSA) is 106 Å². The molecule has 33 heavy (non-hydrogen) atoms. The lowest BCUT2D eigenvalue weighted by atomic mass is 10.1. The first-order valence-corrected chi connectivity index (χ1v) is 10.1. The minimum absolute atomic E-state index is 0.307. The van der Waals surface area contributed by atoms with E-state index in [2.05, 4.69) is 15.8 Å². The van der Waals surface area contributed by atoms with E-state index in [1.165, 1.54) is 7.11 Å². The molecule has 0 heterocycles. The van der Waals surface area contributed by atoms with Crippen LogP contribution in [0.1, 0.15) is 22.8 Å². The van der Waals surface area contributed by atoms with Gasteiger partial charge in [-0.15, -0.1) is 0 Å². The van der Waals surface area contributed by atoms with Crippen LogP contribution in [0.2, 0.25) is 5.02 Å². The van der Waals surface area contributed by atoms with Gasteiger partial charge < -0.3 is 14.8 Å². The Labute approximate surface area is 195 Å². The number of amides is 2. The number of anilines is 1. The molecule has 3 aromatic carbocycles. The smallest absolute Gasteiger partial charge is 0.347 e. The molecule has 0 saturated carbocycles. The van der Waals surface area contributed by atoms with Crippen molar-refractivity contribution in [3.63, 3.8) is 0 Å². The molecule has 0 fully saturated rings. The summed E-state index contributed by atoms with van der Waals surface area (Å²) >= 11 is 5.79. The van der Waals surface area contributed by atoms with Gasteiger partial charge in [-0.2, -0.15) is 5.10 Å². The number of nitrogens with one attached hydrogen (secondary N) is 2. The third kappa shape index (κ3) is 6.41. The SMILES string of the molecule is COc1ccccc1C(=O)Oc1ccc(/C(C)=N/NC(=O)C(=O)Nc2ccc(Cl)cc2)cc1. The summed E-state index contributed by atoms with van der Waals surface area (Å²) in [6.45, 7) is 1.66. The Morgan fingerprint density at radius 3 is 2.21 bits per heavy atom. The van der Waals surface area contributed by atoms with Gasteiger partial charge in [-0.25, -0.2) is 10.2 Å². The Morgan fingerprint density at radius 1 is 0.879 bits per heavy atom. The highest BCUT2D eigenvalue weighted by Gasteiger charge is 2.15. The van der Waals surface area contributed by atoms with Crippen LogP contribution in [0.4, 0.5) is 5.69 Å². The number of esters is 1. The molecule has 9 heteroatoms. The van der Waals surface area contributed by atoms with Gasteiger partial charge in [0.25, 0.3) is 0 Å². The van der Waals surface area contributed by atoms with Crippen molar-refractivity contribution in [2.45, 2.75) is 6.92 Å². The molecule has 0 unspecified atom stereocenters. The van der Waals surface area contributed by atoms with Gasteiger partial charge in [-0.05, 0) is 73.2 Å². The van der Waals surface area contributed by atoms with E-state index in [1.54, 1.807) is 79.7 Å². The van der Waals surface area contributed by atoms with Crippen molar-refractivity contribution in [3.8, 4) is 11.5 Å². The highest BCUT2D eigenvalue weighted by Crippen LogP contribution is 2.21. The molecule has 3 rings (SSSR count). The van der Waals surface area contributed by atoms with Crippen LogP contribution < -0.4 is 20.2 Å². The van der Waals surface area contributed by atoms with Crippen LogP contribution in [0.5, 0.6) is 11.5 Å². The first-order valence-electron chi connectivity index (χ1n) is 9.74. The maximum Gasteiger partial charge on any atom is 0.347 e. The minimum Gasteiger partial charge on any atom is -0.496 e. The summed E-state index contributed by atoms with van der Waals surface area (Å²) in [6, 6.07) is 19.6. The predicted octanol–water partition coefficient (Wildman–Crippen LogP) is 4.05. The Balaban J connectivity index is 1.58. The monoisotopic (exact) mass is 465 g/mol. The number of para-hydroxylation sites is 1. The van der Waals surface area contributed by atoms with E-state index in [0.29, 0.717) is 39.0 Å². The molecule has 2 amide bonds. The van der Waals surface area contributed by atoms with Crippen molar-refractivity contribution in [1.29, 1.82) is 0 Å². The predicted molar refractivity (Wildman–Crippen MR) is 125 cm³/mol. The fourth-order valence-corrected chi connectivity index (χ4v) is 2.84. The maximum absolute atomic E-state index is 12.4. The third-order valence-electron chi connectivity index (χ3n) is 4.44. The molecule has 168 valence electrons. The fourth-order valence-electron chi connectivity index (χ4n) is 2.71. The molecule has 8 nitrogen and oxygen atoms in total. The number of hydrogen-bond donors (Lipinski definition) is 2.